The van der Waals surface area contributed by atoms with Crippen LogP contribution in [-0.4, -0.2) is 30.8 Å². The Morgan fingerprint density at radius 3 is 2.62 bits per heavy atom. The Morgan fingerprint density at radius 1 is 1.27 bits per heavy atom. The van der Waals surface area contributed by atoms with Crippen LogP contribution in [0.4, 0.5) is 5.69 Å². The Labute approximate surface area is 160 Å². The Bertz CT molecular complexity index is 818. The average Bonchev–Trinajstić information content (AvgIpc) is 2.61. The molecule has 0 heterocycles. The SMILES string of the molecule is CCN(C)/C=N/c1cc(C)c(C(=O)OC(C)c2ccccc2C)cc1Cl. The number of rotatable bonds is 6. The fraction of sp³-hybridized carbons (Fsp3) is 0.333. The van der Waals surface area contributed by atoms with Gasteiger partial charge in [0.1, 0.15) is 6.10 Å². The van der Waals surface area contributed by atoms with Crippen molar-refractivity contribution in [3.8, 4) is 0 Å². The number of carbonyl (C=O) groups is 1. The molecule has 0 saturated heterocycles. The lowest BCUT2D eigenvalue weighted by Crippen LogP contribution is -2.14. The molecule has 26 heavy (non-hydrogen) atoms. The molecule has 2 aromatic carbocycles. The van der Waals surface area contributed by atoms with Crippen molar-refractivity contribution in [3.05, 3.63) is 63.7 Å². The minimum absolute atomic E-state index is 0.335. The first kappa shape index (κ1) is 20.0. The van der Waals surface area contributed by atoms with E-state index in [2.05, 4.69) is 4.99 Å². The third-order valence-electron chi connectivity index (χ3n) is 4.32. The van der Waals surface area contributed by atoms with Crippen molar-refractivity contribution in [2.24, 2.45) is 4.99 Å². The van der Waals surface area contributed by atoms with Crippen molar-refractivity contribution in [2.75, 3.05) is 13.6 Å². The van der Waals surface area contributed by atoms with Gasteiger partial charge in [-0.2, -0.15) is 0 Å². The third-order valence-corrected chi connectivity index (χ3v) is 4.62. The number of aliphatic imine (C=N–C) groups is 1. The van der Waals surface area contributed by atoms with Crippen LogP contribution in [0.25, 0.3) is 0 Å². The van der Waals surface area contributed by atoms with Gasteiger partial charge in [0.05, 0.1) is 22.6 Å². The van der Waals surface area contributed by atoms with Crippen molar-refractivity contribution in [3.63, 3.8) is 0 Å². The Kier molecular flexibility index (Phi) is 6.81. The Hall–Kier alpha value is -2.33. The number of ether oxygens (including phenoxy) is 1. The van der Waals surface area contributed by atoms with Crippen LogP contribution in [0.2, 0.25) is 5.02 Å². The molecule has 0 spiro atoms. The first-order valence-corrected chi connectivity index (χ1v) is 9.02. The molecule has 0 bridgehead atoms. The van der Waals surface area contributed by atoms with Gasteiger partial charge < -0.3 is 9.64 Å². The summed E-state index contributed by atoms with van der Waals surface area (Å²) in [6.07, 6.45) is 1.39. The predicted molar refractivity (Wildman–Crippen MR) is 108 cm³/mol. The second-order valence-corrected chi connectivity index (χ2v) is 6.75. The molecule has 1 unspecified atom stereocenters. The minimum Gasteiger partial charge on any atom is -0.454 e. The highest BCUT2D eigenvalue weighted by Crippen LogP contribution is 2.30. The molecule has 0 N–H and O–H groups in total. The largest absolute Gasteiger partial charge is 0.454 e. The summed E-state index contributed by atoms with van der Waals surface area (Å²) in [5.41, 5.74) is 3.95. The van der Waals surface area contributed by atoms with Crippen LogP contribution in [0.3, 0.4) is 0 Å². The highest BCUT2D eigenvalue weighted by Gasteiger charge is 2.18. The number of aryl methyl sites for hydroxylation is 2. The van der Waals surface area contributed by atoms with Crippen LogP contribution in [0.1, 0.15) is 47.0 Å². The zero-order chi connectivity index (χ0) is 19.3. The van der Waals surface area contributed by atoms with E-state index in [0.29, 0.717) is 16.3 Å². The third kappa shape index (κ3) is 4.85. The maximum absolute atomic E-state index is 12.6. The van der Waals surface area contributed by atoms with Crippen molar-refractivity contribution in [1.82, 2.24) is 4.90 Å². The molecule has 0 saturated carbocycles. The monoisotopic (exact) mass is 372 g/mol. The van der Waals surface area contributed by atoms with Crippen molar-refractivity contribution < 1.29 is 9.53 Å². The lowest BCUT2D eigenvalue weighted by Gasteiger charge is -2.17. The second kappa shape index (κ2) is 8.86. The van der Waals surface area contributed by atoms with E-state index in [0.717, 1.165) is 23.2 Å². The lowest BCUT2D eigenvalue weighted by atomic mass is 10.0. The molecule has 0 amide bonds. The van der Waals surface area contributed by atoms with E-state index in [1.54, 1.807) is 18.5 Å². The first-order chi connectivity index (χ1) is 12.3. The standard InChI is InChI=1S/C21H25ClN2O2/c1-6-24(5)13-23-20-11-15(3)18(12-19(20)22)21(25)26-16(4)17-10-8-7-9-14(17)2/h7-13,16H,6H2,1-5H3/b23-13+. The van der Waals surface area contributed by atoms with Gasteiger partial charge in [0, 0.05) is 13.6 Å². The van der Waals surface area contributed by atoms with Gasteiger partial charge in [0.25, 0.3) is 0 Å². The first-order valence-electron chi connectivity index (χ1n) is 8.64. The number of esters is 1. The van der Waals surface area contributed by atoms with Gasteiger partial charge in [0.2, 0.25) is 0 Å². The zero-order valence-corrected chi connectivity index (χ0v) is 16.7. The van der Waals surface area contributed by atoms with Crippen LogP contribution in [0, 0.1) is 13.8 Å². The molecule has 0 aliphatic heterocycles. The average molecular weight is 373 g/mol. The molecule has 0 fully saturated rings. The molecular formula is C21H25ClN2O2. The second-order valence-electron chi connectivity index (χ2n) is 6.34. The summed E-state index contributed by atoms with van der Waals surface area (Å²) in [6, 6.07) is 11.3. The van der Waals surface area contributed by atoms with Gasteiger partial charge >= 0.3 is 5.97 Å². The number of carbonyl (C=O) groups excluding carboxylic acids is 1. The maximum atomic E-state index is 12.6. The van der Waals surface area contributed by atoms with Crippen molar-refractivity contribution in [2.45, 2.75) is 33.8 Å². The number of hydrogen-bond acceptors (Lipinski definition) is 3. The van der Waals surface area contributed by atoms with E-state index < -0.39 is 0 Å². The molecular weight excluding hydrogens is 348 g/mol. The number of hydrogen-bond donors (Lipinski definition) is 0. The molecule has 2 rings (SSSR count). The van der Waals surface area contributed by atoms with E-state index in [1.165, 1.54) is 0 Å². The molecule has 0 radical (unpaired) electrons. The van der Waals surface area contributed by atoms with Gasteiger partial charge in [-0.15, -0.1) is 0 Å². The van der Waals surface area contributed by atoms with Gasteiger partial charge in [-0.25, -0.2) is 9.79 Å². The highest BCUT2D eigenvalue weighted by molar-refractivity contribution is 6.33. The van der Waals surface area contributed by atoms with E-state index in [-0.39, 0.29) is 12.1 Å². The summed E-state index contributed by atoms with van der Waals surface area (Å²) in [4.78, 5) is 18.9. The maximum Gasteiger partial charge on any atom is 0.339 e. The summed E-state index contributed by atoms with van der Waals surface area (Å²) < 4.78 is 5.65. The van der Waals surface area contributed by atoms with Gasteiger partial charge in [0.15, 0.2) is 0 Å². The molecule has 5 heteroatoms. The summed E-state index contributed by atoms with van der Waals surface area (Å²) in [7, 11) is 1.93. The Balaban J connectivity index is 2.20. The summed E-state index contributed by atoms with van der Waals surface area (Å²) in [6.45, 7) is 8.61. The summed E-state index contributed by atoms with van der Waals surface area (Å²) in [5, 5.41) is 0.423. The van der Waals surface area contributed by atoms with E-state index >= 15 is 0 Å². The summed E-state index contributed by atoms with van der Waals surface area (Å²) in [5.74, 6) is -0.388. The molecule has 138 valence electrons. The zero-order valence-electron chi connectivity index (χ0n) is 15.9. The van der Waals surface area contributed by atoms with E-state index in [1.807, 2.05) is 63.9 Å². The van der Waals surface area contributed by atoms with Gasteiger partial charge in [-0.3, -0.25) is 0 Å². The quantitative estimate of drug-likeness (QED) is 0.382. The van der Waals surface area contributed by atoms with Crippen LogP contribution in [-0.2, 0) is 4.74 Å². The van der Waals surface area contributed by atoms with Crippen molar-refractivity contribution in [1.29, 1.82) is 0 Å². The van der Waals surface area contributed by atoms with Gasteiger partial charge in [-0.05, 0) is 56.5 Å². The van der Waals surface area contributed by atoms with E-state index in [9.17, 15) is 4.79 Å². The van der Waals surface area contributed by atoms with Crippen molar-refractivity contribution >= 4 is 29.6 Å². The number of benzene rings is 2. The smallest absolute Gasteiger partial charge is 0.339 e. The van der Waals surface area contributed by atoms with Crippen LogP contribution >= 0.6 is 11.6 Å². The van der Waals surface area contributed by atoms with E-state index in [4.69, 9.17) is 16.3 Å². The fourth-order valence-electron chi connectivity index (χ4n) is 2.56. The molecule has 0 aliphatic rings. The molecule has 0 aromatic heterocycles. The molecule has 2 aromatic rings. The minimum atomic E-state index is -0.388. The molecule has 4 nitrogen and oxygen atoms in total. The molecule has 0 aliphatic carbocycles. The fourth-order valence-corrected chi connectivity index (χ4v) is 2.77. The normalized spacial score (nSPS) is 12.2. The molecule has 1 atom stereocenters. The van der Waals surface area contributed by atoms with Crippen LogP contribution in [0.15, 0.2) is 41.4 Å². The lowest BCUT2D eigenvalue weighted by molar-refractivity contribution is 0.0336. The number of halogens is 1. The summed E-state index contributed by atoms with van der Waals surface area (Å²) >= 11 is 6.31. The van der Waals surface area contributed by atoms with Crippen LogP contribution in [0.5, 0.6) is 0 Å². The topological polar surface area (TPSA) is 41.9 Å². The Morgan fingerprint density at radius 2 is 1.96 bits per heavy atom. The van der Waals surface area contributed by atoms with Crippen LogP contribution < -0.4 is 0 Å². The predicted octanol–water partition coefficient (Wildman–Crippen LogP) is 5.49. The highest BCUT2D eigenvalue weighted by atomic mass is 35.5. The number of nitrogens with zero attached hydrogens (tertiary/aromatic N) is 2. The van der Waals surface area contributed by atoms with Gasteiger partial charge in [-0.1, -0.05) is 35.9 Å².